The SMILES string of the molecule is COCCC(C)C(=O)c1ccc2c(c1)CNC2. The summed E-state index contributed by atoms with van der Waals surface area (Å²) in [5, 5.41) is 3.29. The van der Waals surface area contributed by atoms with Gasteiger partial charge in [-0.05, 0) is 23.6 Å². The molecule has 1 N–H and O–H groups in total. The van der Waals surface area contributed by atoms with Crippen molar-refractivity contribution in [1.29, 1.82) is 0 Å². The fourth-order valence-electron chi connectivity index (χ4n) is 2.16. The molecule has 0 saturated heterocycles. The lowest BCUT2D eigenvalue weighted by molar-refractivity contribution is 0.0893. The second-order valence-electron chi connectivity index (χ2n) is 4.63. The highest BCUT2D eigenvalue weighted by Gasteiger charge is 2.17. The number of hydrogen-bond acceptors (Lipinski definition) is 3. The molecular weight excluding hydrogens is 214 g/mol. The number of carbonyl (C=O) groups is 1. The maximum absolute atomic E-state index is 12.2. The fraction of sp³-hybridized carbons (Fsp3) is 0.500. The zero-order chi connectivity index (χ0) is 12.3. The number of methoxy groups -OCH3 is 1. The second kappa shape index (κ2) is 5.43. The molecule has 0 spiro atoms. The van der Waals surface area contributed by atoms with Gasteiger partial charge < -0.3 is 10.1 Å². The minimum atomic E-state index is 0.0300. The molecule has 17 heavy (non-hydrogen) atoms. The van der Waals surface area contributed by atoms with Crippen molar-refractivity contribution in [1.82, 2.24) is 5.32 Å². The quantitative estimate of drug-likeness (QED) is 0.792. The van der Waals surface area contributed by atoms with E-state index in [1.165, 1.54) is 11.1 Å². The first kappa shape index (κ1) is 12.3. The normalized spacial score (nSPS) is 15.6. The van der Waals surface area contributed by atoms with Crippen LogP contribution in [0, 0.1) is 5.92 Å². The van der Waals surface area contributed by atoms with Gasteiger partial charge in [-0.3, -0.25) is 4.79 Å². The Labute approximate surface area is 102 Å². The highest BCUT2D eigenvalue weighted by molar-refractivity contribution is 5.97. The number of rotatable bonds is 5. The van der Waals surface area contributed by atoms with Crippen LogP contribution in [0.1, 0.15) is 34.8 Å². The largest absolute Gasteiger partial charge is 0.385 e. The van der Waals surface area contributed by atoms with Gasteiger partial charge in [0.2, 0.25) is 0 Å². The summed E-state index contributed by atoms with van der Waals surface area (Å²) in [5.41, 5.74) is 3.40. The summed E-state index contributed by atoms with van der Waals surface area (Å²) in [5.74, 6) is 0.249. The standard InChI is InChI=1S/C14H19NO2/c1-10(5-6-17-2)14(16)11-3-4-12-8-15-9-13(12)7-11/h3-4,7,10,15H,5-6,8-9H2,1-2H3. The fourth-order valence-corrected chi connectivity index (χ4v) is 2.16. The molecule has 2 rings (SSSR count). The van der Waals surface area contributed by atoms with E-state index in [0.29, 0.717) is 6.61 Å². The maximum Gasteiger partial charge on any atom is 0.165 e. The number of ketones is 1. The van der Waals surface area contributed by atoms with Crippen molar-refractivity contribution < 1.29 is 9.53 Å². The van der Waals surface area contributed by atoms with Crippen molar-refractivity contribution in [2.24, 2.45) is 5.92 Å². The van der Waals surface area contributed by atoms with Crippen LogP contribution >= 0.6 is 0 Å². The number of carbonyl (C=O) groups excluding carboxylic acids is 1. The Morgan fingerprint density at radius 2 is 2.18 bits per heavy atom. The molecule has 0 radical (unpaired) electrons. The molecule has 0 amide bonds. The number of nitrogens with one attached hydrogen (secondary N) is 1. The smallest absolute Gasteiger partial charge is 0.165 e. The molecule has 1 aromatic rings. The van der Waals surface area contributed by atoms with Gasteiger partial charge in [0, 0.05) is 38.3 Å². The zero-order valence-corrected chi connectivity index (χ0v) is 10.5. The Hall–Kier alpha value is -1.19. The Kier molecular flexibility index (Phi) is 3.92. The molecule has 1 aliphatic rings. The van der Waals surface area contributed by atoms with Crippen LogP contribution in [-0.4, -0.2) is 19.5 Å². The highest BCUT2D eigenvalue weighted by Crippen LogP contribution is 2.20. The predicted octanol–water partition coefficient (Wildman–Crippen LogP) is 2.15. The van der Waals surface area contributed by atoms with E-state index in [2.05, 4.69) is 11.4 Å². The molecule has 3 heteroatoms. The van der Waals surface area contributed by atoms with E-state index in [0.717, 1.165) is 25.1 Å². The molecular formula is C14H19NO2. The van der Waals surface area contributed by atoms with Gasteiger partial charge in [-0.1, -0.05) is 19.1 Å². The van der Waals surface area contributed by atoms with Gasteiger partial charge in [0.05, 0.1) is 0 Å². The number of Topliss-reactive ketones (excluding diaryl/α,β-unsaturated/α-hetero) is 1. The van der Waals surface area contributed by atoms with Crippen molar-refractivity contribution in [3.05, 3.63) is 34.9 Å². The van der Waals surface area contributed by atoms with E-state index in [1.807, 2.05) is 19.1 Å². The molecule has 1 heterocycles. The Morgan fingerprint density at radius 3 is 2.94 bits per heavy atom. The Balaban J connectivity index is 2.09. The van der Waals surface area contributed by atoms with Gasteiger partial charge in [0.1, 0.15) is 0 Å². The summed E-state index contributed by atoms with van der Waals surface area (Å²) < 4.78 is 5.01. The predicted molar refractivity (Wildman–Crippen MR) is 67.0 cm³/mol. The summed E-state index contributed by atoms with van der Waals surface area (Å²) in [6, 6.07) is 6.03. The van der Waals surface area contributed by atoms with E-state index in [-0.39, 0.29) is 11.7 Å². The van der Waals surface area contributed by atoms with E-state index in [9.17, 15) is 4.79 Å². The first-order valence-electron chi connectivity index (χ1n) is 6.08. The third kappa shape index (κ3) is 2.73. The van der Waals surface area contributed by atoms with Gasteiger partial charge in [-0.2, -0.15) is 0 Å². The molecule has 0 fully saturated rings. The van der Waals surface area contributed by atoms with Crippen LogP contribution in [0.3, 0.4) is 0 Å². The molecule has 1 atom stereocenters. The third-order valence-electron chi connectivity index (χ3n) is 3.32. The third-order valence-corrected chi connectivity index (χ3v) is 3.32. The number of ether oxygens (including phenoxy) is 1. The zero-order valence-electron chi connectivity index (χ0n) is 10.5. The molecule has 0 aromatic heterocycles. The van der Waals surface area contributed by atoms with Crippen LogP contribution in [0.15, 0.2) is 18.2 Å². The summed E-state index contributed by atoms with van der Waals surface area (Å²) in [4.78, 5) is 12.2. The number of fused-ring (bicyclic) bond motifs is 1. The van der Waals surface area contributed by atoms with E-state index < -0.39 is 0 Å². The molecule has 1 unspecified atom stereocenters. The second-order valence-corrected chi connectivity index (χ2v) is 4.63. The van der Waals surface area contributed by atoms with Gasteiger partial charge in [0.25, 0.3) is 0 Å². The summed E-state index contributed by atoms with van der Waals surface area (Å²) >= 11 is 0. The average molecular weight is 233 g/mol. The molecule has 0 aliphatic carbocycles. The molecule has 0 saturated carbocycles. The van der Waals surface area contributed by atoms with Crippen molar-refractivity contribution in [2.75, 3.05) is 13.7 Å². The summed E-state index contributed by atoms with van der Waals surface area (Å²) in [6.07, 6.45) is 0.782. The minimum Gasteiger partial charge on any atom is -0.385 e. The van der Waals surface area contributed by atoms with Crippen LogP contribution in [0.4, 0.5) is 0 Å². The highest BCUT2D eigenvalue weighted by atomic mass is 16.5. The van der Waals surface area contributed by atoms with Crippen LogP contribution in [0.5, 0.6) is 0 Å². The van der Waals surface area contributed by atoms with Crippen LogP contribution in [0.25, 0.3) is 0 Å². The van der Waals surface area contributed by atoms with Gasteiger partial charge in [-0.25, -0.2) is 0 Å². The van der Waals surface area contributed by atoms with Crippen molar-refractivity contribution in [3.8, 4) is 0 Å². The molecule has 1 aromatic carbocycles. The van der Waals surface area contributed by atoms with Gasteiger partial charge in [0.15, 0.2) is 5.78 Å². The van der Waals surface area contributed by atoms with E-state index in [4.69, 9.17) is 4.74 Å². The van der Waals surface area contributed by atoms with Gasteiger partial charge in [-0.15, -0.1) is 0 Å². The van der Waals surface area contributed by atoms with Crippen LogP contribution in [-0.2, 0) is 17.8 Å². The van der Waals surface area contributed by atoms with Crippen molar-refractivity contribution >= 4 is 5.78 Å². The van der Waals surface area contributed by atoms with Crippen LogP contribution in [0.2, 0.25) is 0 Å². The van der Waals surface area contributed by atoms with E-state index >= 15 is 0 Å². The minimum absolute atomic E-state index is 0.0300. The Bertz CT molecular complexity index is 415. The van der Waals surface area contributed by atoms with Gasteiger partial charge >= 0.3 is 0 Å². The Morgan fingerprint density at radius 1 is 1.41 bits per heavy atom. The average Bonchev–Trinajstić information content (AvgIpc) is 2.81. The molecule has 0 bridgehead atoms. The topological polar surface area (TPSA) is 38.3 Å². The summed E-state index contributed by atoms with van der Waals surface area (Å²) in [7, 11) is 1.66. The number of hydrogen-bond donors (Lipinski definition) is 1. The van der Waals surface area contributed by atoms with E-state index in [1.54, 1.807) is 7.11 Å². The molecule has 1 aliphatic heterocycles. The first-order valence-corrected chi connectivity index (χ1v) is 6.08. The first-order chi connectivity index (χ1) is 8.22. The maximum atomic E-state index is 12.2. The van der Waals surface area contributed by atoms with Crippen molar-refractivity contribution in [2.45, 2.75) is 26.4 Å². The summed E-state index contributed by atoms with van der Waals surface area (Å²) in [6.45, 7) is 4.40. The lowest BCUT2D eigenvalue weighted by atomic mass is 9.94. The lowest BCUT2D eigenvalue weighted by Crippen LogP contribution is -2.13. The lowest BCUT2D eigenvalue weighted by Gasteiger charge is -2.10. The number of benzene rings is 1. The monoisotopic (exact) mass is 233 g/mol. The van der Waals surface area contributed by atoms with Crippen LogP contribution < -0.4 is 5.32 Å². The molecule has 92 valence electrons. The van der Waals surface area contributed by atoms with Crippen molar-refractivity contribution in [3.63, 3.8) is 0 Å². The molecule has 3 nitrogen and oxygen atoms in total.